The number of benzene rings is 2. The second-order valence-corrected chi connectivity index (χ2v) is 10.1. The fourth-order valence-electron chi connectivity index (χ4n) is 4.62. The van der Waals surface area contributed by atoms with E-state index in [1.165, 1.54) is 55.9 Å². The summed E-state index contributed by atoms with van der Waals surface area (Å²) in [5.74, 6) is -0.924. The number of hydrogen-bond donors (Lipinski definition) is 0. The highest BCUT2D eigenvalue weighted by Crippen LogP contribution is 2.21. The van der Waals surface area contributed by atoms with E-state index in [2.05, 4.69) is 17.1 Å². The highest BCUT2D eigenvalue weighted by molar-refractivity contribution is 6.32. The zero-order chi connectivity index (χ0) is 28.6. The van der Waals surface area contributed by atoms with Crippen LogP contribution in [-0.4, -0.2) is 40.1 Å². The van der Waals surface area contributed by atoms with E-state index in [-0.39, 0.29) is 31.9 Å². The molecule has 0 saturated heterocycles. The molecule has 0 saturated carbocycles. The molecule has 0 fully saturated rings. The Hall–Kier alpha value is -3.55. The summed E-state index contributed by atoms with van der Waals surface area (Å²) in [6.07, 6.45) is 12.4. The van der Waals surface area contributed by atoms with Gasteiger partial charge in [-0.1, -0.05) is 93.8 Å². The largest absolute Gasteiger partial charge is 0.459 e. The number of carbonyl (C=O) groups excluding carboxylic acids is 2. The van der Waals surface area contributed by atoms with Crippen LogP contribution in [0.2, 0.25) is 0 Å². The summed E-state index contributed by atoms with van der Waals surface area (Å²) >= 11 is 0. The molecule has 0 bridgehead atoms. The number of rotatable bonds is 17. The van der Waals surface area contributed by atoms with Gasteiger partial charge in [-0.2, -0.15) is 4.98 Å². The predicted octanol–water partition coefficient (Wildman–Crippen LogP) is 7.08. The topological polar surface area (TPSA) is 85.5 Å². The van der Waals surface area contributed by atoms with Crippen molar-refractivity contribution in [1.82, 2.24) is 15.0 Å². The lowest BCUT2D eigenvalue weighted by Gasteiger charge is -2.22. The van der Waals surface area contributed by atoms with Crippen LogP contribution in [-0.2, 0) is 33.7 Å². The van der Waals surface area contributed by atoms with E-state index < -0.39 is 11.9 Å². The van der Waals surface area contributed by atoms with Crippen LogP contribution in [0.1, 0.15) is 88.6 Å². The van der Waals surface area contributed by atoms with Gasteiger partial charge in [0.25, 0.3) is 5.89 Å². The number of nitrogens with zero attached hydrogens (tertiary/aromatic N) is 3. The molecular weight excluding hydrogens is 509 g/mol. The van der Waals surface area contributed by atoms with Gasteiger partial charge < -0.3 is 14.2 Å². The monoisotopic (exact) mass is 551 g/mol. The number of carbonyl (C=O) groups is 2. The van der Waals surface area contributed by atoms with Gasteiger partial charge in [-0.05, 0) is 49.1 Å². The van der Waals surface area contributed by atoms with Crippen LogP contribution in [0.15, 0.2) is 53.1 Å². The van der Waals surface area contributed by atoms with E-state index >= 15 is 0 Å². The first-order valence-electron chi connectivity index (χ1n) is 14.6. The highest BCUT2D eigenvalue weighted by atomic mass is 19.1. The van der Waals surface area contributed by atoms with Crippen LogP contribution in [0.3, 0.4) is 0 Å². The molecule has 0 aliphatic carbocycles. The molecule has 3 aromatic rings. The SMILES string of the molecule is CCCCCCCCCCCc1noc(-c2cccc(CN(CCc3ccccc3F)C(=O)C(=O)OCC)c2)n1. The average molecular weight is 552 g/mol. The maximum absolute atomic E-state index is 14.2. The highest BCUT2D eigenvalue weighted by Gasteiger charge is 2.24. The number of aryl methyl sites for hydroxylation is 1. The van der Waals surface area contributed by atoms with Crippen LogP contribution >= 0.6 is 0 Å². The Bertz CT molecular complexity index is 1200. The van der Waals surface area contributed by atoms with Crippen LogP contribution in [0.5, 0.6) is 0 Å². The number of aromatic nitrogens is 2. The lowest BCUT2D eigenvalue weighted by Crippen LogP contribution is -2.38. The fraction of sp³-hybridized carbons (Fsp3) is 0.500. The van der Waals surface area contributed by atoms with Crippen LogP contribution in [0.4, 0.5) is 4.39 Å². The Morgan fingerprint density at radius 3 is 2.35 bits per heavy atom. The Morgan fingerprint density at radius 2 is 1.62 bits per heavy atom. The number of hydrogen-bond acceptors (Lipinski definition) is 6. The van der Waals surface area contributed by atoms with E-state index in [4.69, 9.17) is 9.26 Å². The van der Waals surface area contributed by atoms with Gasteiger partial charge >= 0.3 is 11.9 Å². The molecule has 40 heavy (non-hydrogen) atoms. The molecule has 3 rings (SSSR count). The standard InChI is InChI=1S/C32H42FN3O4/c1-3-5-6-7-8-9-10-11-12-20-29-34-30(40-35-29)27-18-15-16-25(23-27)24-36(31(37)32(38)39-4-2)22-21-26-17-13-14-19-28(26)33/h13-19,23H,3-12,20-22,24H2,1-2H3. The fourth-order valence-corrected chi connectivity index (χ4v) is 4.62. The summed E-state index contributed by atoms with van der Waals surface area (Å²) in [7, 11) is 0. The molecule has 2 aromatic carbocycles. The normalized spacial score (nSPS) is 11.0. The van der Waals surface area contributed by atoms with E-state index in [1.807, 2.05) is 24.3 Å². The van der Waals surface area contributed by atoms with E-state index in [0.717, 1.165) is 30.4 Å². The van der Waals surface area contributed by atoms with Crippen molar-refractivity contribution in [1.29, 1.82) is 0 Å². The van der Waals surface area contributed by atoms with Crippen molar-refractivity contribution >= 4 is 11.9 Å². The van der Waals surface area contributed by atoms with Crippen molar-refractivity contribution in [3.05, 3.63) is 71.3 Å². The van der Waals surface area contributed by atoms with Gasteiger partial charge in [0, 0.05) is 25.1 Å². The summed E-state index contributed by atoms with van der Waals surface area (Å²) in [6, 6.07) is 13.9. The lowest BCUT2D eigenvalue weighted by atomic mass is 10.1. The molecule has 0 spiro atoms. The summed E-state index contributed by atoms with van der Waals surface area (Å²) < 4.78 is 24.6. The minimum Gasteiger partial charge on any atom is -0.459 e. The van der Waals surface area contributed by atoms with E-state index in [0.29, 0.717) is 17.3 Å². The molecule has 0 radical (unpaired) electrons. The molecule has 8 heteroatoms. The summed E-state index contributed by atoms with van der Waals surface area (Å²) in [6.45, 7) is 4.29. The van der Waals surface area contributed by atoms with Gasteiger partial charge in [-0.15, -0.1) is 0 Å². The zero-order valence-electron chi connectivity index (χ0n) is 23.9. The molecule has 0 atom stereocenters. The molecule has 1 heterocycles. The van der Waals surface area contributed by atoms with Crippen molar-refractivity contribution in [2.24, 2.45) is 0 Å². The van der Waals surface area contributed by atoms with Gasteiger partial charge in [0.1, 0.15) is 5.82 Å². The zero-order valence-corrected chi connectivity index (χ0v) is 23.9. The third kappa shape index (κ3) is 10.2. The molecule has 216 valence electrons. The minimum absolute atomic E-state index is 0.0970. The molecule has 1 amide bonds. The maximum atomic E-state index is 14.2. The maximum Gasteiger partial charge on any atom is 0.397 e. The lowest BCUT2D eigenvalue weighted by molar-refractivity contribution is -0.160. The second-order valence-electron chi connectivity index (χ2n) is 10.1. The van der Waals surface area contributed by atoms with Gasteiger partial charge in [0.15, 0.2) is 5.82 Å². The first-order valence-corrected chi connectivity index (χ1v) is 14.6. The van der Waals surface area contributed by atoms with Gasteiger partial charge in [-0.25, -0.2) is 9.18 Å². The molecule has 0 N–H and O–H groups in total. The predicted molar refractivity (Wildman–Crippen MR) is 153 cm³/mol. The van der Waals surface area contributed by atoms with E-state index in [1.54, 1.807) is 25.1 Å². The Morgan fingerprint density at radius 1 is 0.900 bits per heavy atom. The molecule has 1 aromatic heterocycles. The van der Waals surface area contributed by atoms with Gasteiger partial charge in [-0.3, -0.25) is 4.79 Å². The van der Waals surface area contributed by atoms with Crippen LogP contribution in [0.25, 0.3) is 11.5 Å². The van der Waals surface area contributed by atoms with Crippen molar-refractivity contribution in [2.45, 2.75) is 91.0 Å². The van der Waals surface area contributed by atoms with Crippen molar-refractivity contribution in [3.8, 4) is 11.5 Å². The van der Waals surface area contributed by atoms with Crippen LogP contribution < -0.4 is 0 Å². The minimum atomic E-state index is -0.926. The quantitative estimate of drug-likeness (QED) is 0.101. The van der Waals surface area contributed by atoms with Crippen molar-refractivity contribution in [2.75, 3.05) is 13.2 Å². The summed E-state index contributed by atoms with van der Waals surface area (Å²) in [5.41, 5.74) is 1.99. The summed E-state index contributed by atoms with van der Waals surface area (Å²) in [5, 5.41) is 4.15. The first kappa shape index (κ1) is 31.0. The number of ether oxygens (including phenoxy) is 1. The number of halogens is 1. The van der Waals surface area contributed by atoms with Gasteiger partial charge in [0.2, 0.25) is 0 Å². The third-order valence-electron chi connectivity index (χ3n) is 6.87. The number of amides is 1. The molecular formula is C32H42FN3O4. The van der Waals surface area contributed by atoms with E-state index in [9.17, 15) is 14.0 Å². The number of unbranched alkanes of at least 4 members (excludes halogenated alkanes) is 8. The van der Waals surface area contributed by atoms with Crippen molar-refractivity contribution < 1.29 is 23.2 Å². The molecule has 0 aliphatic rings. The summed E-state index contributed by atoms with van der Waals surface area (Å²) in [4.78, 5) is 31.0. The Kier molecular flexibility index (Phi) is 13.3. The smallest absolute Gasteiger partial charge is 0.397 e. The third-order valence-corrected chi connectivity index (χ3v) is 6.87. The molecule has 7 nitrogen and oxygen atoms in total. The Balaban J connectivity index is 1.57. The van der Waals surface area contributed by atoms with Crippen molar-refractivity contribution in [3.63, 3.8) is 0 Å². The second kappa shape index (κ2) is 17.2. The number of esters is 1. The molecule has 0 unspecified atom stereocenters. The molecule has 0 aliphatic heterocycles. The van der Waals surface area contributed by atoms with Crippen LogP contribution in [0, 0.1) is 5.82 Å². The Labute approximate surface area is 237 Å². The first-order chi connectivity index (χ1) is 19.5. The van der Waals surface area contributed by atoms with Gasteiger partial charge in [0.05, 0.1) is 6.61 Å². The average Bonchev–Trinajstić information content (AvgIpc) is 3.44.